The van der Waals surface area contributed by atoms with Gasteiger partial charge in [0, 0.05) is 35.8 Å². The standard InChI is InChI=1S/C22H19N3O2/c26-21-17(10-6-12-23-21)22(27)25-13-18(15-7-2-1-3-8-15)19-14-24-20-11-5-4-9-16(19)20/h1-12,14,18,24H,13H2,(H,23,26)(H,25,27)/t18-/m0/s1. The van der Waals surface area contributed by atoms with E-state index in [1.807, 2.05) is 54.7 Å². The van der Waals surface area contributed by atoms with Crippen LogP contribution in [0.15, 0.2) is 83.9 Å². The van der Waals surface area contributed by atoms with Crippen molar-refractivity contribution in [1.29, 1.82) is 0 Å². The molecule has 2 aromatic carbocycles. The average molecular weight is 357 g/mol. The van der Waals surface area contributed by atoms with E-state index < -0.39 is 5.56 Å². The van der Waals surface area contributed by atoms with Crippen LogP contribution >= 0.6 is 0 Å². The summed E-state index contributed by atoms with van der Waals surface area (Å²) in [5, 5.41) is 4.04. The Balaban J connectivity index is 1.66. The normalized spacial score (nSPS) is 12.0. The van der Waals surface area contributed by atoms with Gasteiger partial charge in [-0.05, 0) is 29.3 Å². The van der Waals surface area contributed by atoms with Gasteiger partial charge in [0.25, 0.3) is 11.5 Å². The van der Waals surface area contributed by atoms with Gasteiger partial charge in [0.2, 0.25) is 0 Å². The number of carbonyl (C=O) groups is 1. The third-order valence-corrected chi connectivity index (χ3v) is 4.73. The summed E-state index contributed by atoms with van der Waals surface area (Å²) in [5.74, 6) is -0.410. The number of amides is 1. The predicted octanol–water partition coefficient (Wildman–Crippen LogP) is 3.42. The van der Waals surface area contributed by atoms with E-state index in [0.29, 0.717) is 6.54 Å². The lowest BCUT2D eigenvalue weighted by Crippen LogP contribution is -2.32. The maximum atomic E-state index is 12.5. The van der Waals surface area contributed by atoms with E-state index in [2.05, 4.69) is 21.4 Å². The number of H-pyrrole nitrogens is 2. The highest BCUT2D eigenvalue weighted by Crippen LogP contribution is 2.30. The van der Waals surface area contributed by atoms with Crippen molar-refractivity contribution in [2.75, 3.05) is 6.54 Å². The van der Waals surface area contributed by atoms with Crippen molar-refractivity contribution in [3.8, 4) is 0 Å². The van der Waals surface area contributed by atoms with Crippen LogP contribution in [0.4, 0.5) is 0 Å². The van der Waals surface area contributed by atoms with Crippen LogP contribution in [0.2, 0.25) is 0 Å². The highest BCUT2D eigenvalue weighted by Gasteiger charge is 2.20. The minimum absolute atomic E-state index is 0.0332. The minimum atomic E-state index is -0.390. The summed E-state index contributed by atoms with van der Waals surface area (Å²) in [7, 11) is 0. The van der Waals surface area contributed by atoms with E-state index in [0.717, 1.165) is 22.0 Å². The second-order valence-electron chi connectivity index (χ2n) is 6.38. The highest BCUT2D eigenvalue weighted by atomic mass is 16.2. The Morgan fingerprint density at radius 2 is 1.70 bits per heavy atom. The summed E-state index contributed by atoms with van der Waals surface area (Å²) in [4.78, 5) is 30.2. The Kier molecular flexibility index (Phi) is 4.58. The third kappa shape index (κ3) is 3.40. The molecule has 0 bridgehead atoms. The highest BCUT2D eigenvalue weighted by molar-refractivity contribution is 5.94. The molecule has 0 fully saturated rings. The van der Waals surface area contributed by atoms with Crippen molar-refractivity contribution in [3.05, 3.63) is 106 Å². The number of benzene rings is 2. The van der Waals surface area contributed by atoms with Crippen molar-refractivity contribution >= 4 is 16.8 Å². The fourth-order valence-corrected chi connectivity index (χ4v) is 3.37. The first kappa shape index (κ1) is 16.8. The summed E-state index contributed by atoms with van der Waals surface area (Å²) in [6.07, 6.45) is 3.50. The van der Waals surface area contributed by atoms with Gasteiger partial charge in [0.15, 0.2) is 0 Å². The topological polar surface area (TPSA) is 77.8 Å². The summed E-state index contributed by atoms with van der Waals surface area (Å²) < 4.78 is 0. The van der Waals surface area contributed by atoms with E-state index in [-0.39, 0.29) is 17.4 Å². The summed E-state index contributed by atoms with van der Waals surface area (Å²) in [5.41, 5.74) is 2.99. The molecule has 0 aliphatic heterocycles. The van der Waals surface area contributed by atoms with E-state index in [9.17, 15) is 9.59 Å². The fourth-order valence-electron chi connectivity index (χ4n) is 3.37. The molecule has 5 heteroatoms. The van der Waals surface area contributed by atoms with E-state index in [4.69, 9.17) is 0 Å². The molecular weight excluding hydrogens is 338 g/mol. The van der Waals surface area contributed by atoms with E-state index in [1.165, 1.54) is 12.3 Å². The van der Waals surface area contributed by atoms with Crippen molar-refractivity contribution in [3.63, 3.8) is 0 Å². The van der Waals surface area contributed by atoms with Crippen LogP contribution in [0.5, 0.6) is 0 Å². The lowest BCUT2D eigenvalue weighted by atomic mass is 9.91. The van der Waals surface area contributed by atoms with Crippen LogP contribution < -0.4 is 10.9 Å². The summed E-state index contributed by atoms with van der Waals surface area (Å²) >= 11 is 0. The van der Waals surface area contributed by atoms with Gasteiger partial charge in [-0.3, -0.25) is 9.59 Å². The number of aromatic nitrogens is 2. The zero-order chi connectivity index (χ0) is 18.6. The quantitative estimate of drug-likeness (QED) is 0.512. The molecule has 4 rings (SSSR count). The molecule has 0 unspecified atom stereocenters. The molecule has 2 heterocycles. The third-order valence-electron chi connectivity index (χ3n) is 4.73. The van der Waals surface area contributed by atoms with E-state index >= 15 is 0 Å². The molecule has 2 aromatic heterocycles. The second kappa shape index (κ2) is 7.33. The van der Waals surface area contributed by atoms with Gasteiger partial charge in [-0.2, -0.15) is 0 Å². The number of aromatic amines is 2. The largest absolute Gasteiger partial charge is 0.361 e. The van der Waals surface area contributed by atoms with Crippen LogP contribution in [0.3, 0.4) is 0 Å². The average Bonchev–Trinajstić information content (AvgIpc) is 3.13. The lowest BCUT2D eigenvalue weighted by Gasteiger charge is -2.18. The van der Waals surface area contributed by atoms with Crippen molar-refractivity contribution in [2.24, 2.45) is 0 Å². The van der Waals surface area contributed by atoms with Crippen LogP contribution in [-0.2, 0) is 0 Å². The molecule has 0 radical (unpaired) electrons. The number of pyridine rings is 1. The van der Waals surface area contributed by atoms with Crippen molar-refractivity contribution in [2.45, 2.75) is 5.92 Å². The van der Waals surface area contributed by atoms with Crippen LogP contribution in [-0.4, -0.2) is 22.4 Å². The second-order valence-corrected chi connectivity index (χ2v) is 6.38. The molecule has 5 nitrogen and oxygen atoms in total. The fraction of sp³-hybridized carbons (Fsp3) is 0.0909. The van der Waals surface area contributed by atoms with E-state index in [1.54, 1.807) is 6.07 Å². The Morgan fingerprint density at radius 3 is 2.52 bits per heavy atom. The first-order chi connectivity index (χ1) is 13.2. The first-order valence-corrected chi connectivity index (χ1v) is 8.81. The predicted molar refractivity (Wildman–Crippen MR) is 106 cm³/mol. The van der Waals surface area contributed by atoms with Crippen molar-refractivity contribution < 1.29 is 4.79 Å². The lowest BCUT2D eigenvalue weighted by molar-refractivity contribution is 0.0951. The van der Waals surface area contributed by atoms with Crippen LogP contribution in [0.1, 0.15) is 27.4 Å². The smallest absolute Gasteiger partial charge is 0.260 e. The molecule has 1 atom stereocenters. The van der Waals surface area contributed by atoms with Gasteiger partial charge in [-0.25, -0.2) is 0 Å². The Bertz CT molecular complexity index is 1130. The molecule has 1 amide bonds. The van der Waals surface area contributed by atoms with Gasteiger partial charge < -0.3 is 15.3 Å². The first-order valence-electron chi connectivity index (χ1n) is 8.81. The SMILES string of the molecule is O=C(NC[C@@H](c1ccccc1)c1c[nH]c2ccccc12)c1ccc[nH]c1=O. The Hall–Kier alpha value is -3.60. The molecular formula is C22H19N3O2. The molecule has 0 saturated heterocycles. The van der Waals surface area contributed by atoms with Crippen molar-refractivity contribution in [1.82, 2.24) is 15.3 Å². The zero-order valence-electron chi connectivity index (χ0n) is 14.6. The number of hydrogen-bond donors (Lipinski definition) is 3. The van der Waals surface area contributed by atoms with Crippen LogP contribution in [0, 0.1) is 0 Å². The summed E-state index contributed by atoms with van der Waals surface area (Å²) in [6.45, 7) is 0.388. The molecule has 0 aliphatic rings. The zero-order valence-corrected chi connectivity index (χ0v) is 14.6. The summed E-state index contributed by atoms with van der Waals surface area (Å²) in [6, 6.07) is 21.3. The monoisotopic (exact) mass is 357 g/mol. The number of fused-ring (bicyclic) bond motifs is 1. The number of rotatable bonds is 5. The molecule has 3 N–H and O–H groups in total. The molecule has 4 aromatic rings. The van der Waals surface area contributed by atoms with Gasteiger partial charge in [-0.15, -0.1) is 0 Å². The number of para-hydroxylation sites is 1. The molecule has 0 spiro atoms. The molecule has 134 valence electrons. The molecule has 0 saturated carbocycles. The van der Waals surface area contributed by atoms with Gasteiger partial charge in [-0.1, -0.05) is 48.5 Å². The van der Waals surface area contributed by atoms with Gasteiger partial charge >= 0.3 is 0 Å². The van der Waals surface area contributed by atoms with Crippen LogP contribution in [0.25, 0.3) is 10.9 Å². The maximum absolute atomic E-state index is 12.5. The molecule has 0 aliphatic carbocycles. The number of carbonyl (C=O) groups excluding carboxylic acids is 1. The van der Waals surface area contributed by atoms with Gasteiger partial charge in [0.1, 0.15) is 5.56 Å². The number of nitrogens with one attached hydrogen (secondary N) is 3. The Morgan fingerprint density at radius 1 is 0.926 bits per heavy atom. The van der Waals surface area contributed by atoms with Gasteiger partial charge in [0.05, 0.1) is 0 Å². The maximum Gasteiger partial charge on any atom is 0.260 e. The minimum Gasteiger partial charge on any atom is -0.361 e. The Labute approximate surface area is 156 Å². The molecule has 27 heavy (non-hydrogen) atoms. The number of hydrogen-bond acceptors (Lipinski definition) is 2.